The molecule has 4 heavy (non-hydrogen) atoms. The van der Waals surface area contributed by atoms with Gasteiger partial charge in [0, 0.05) is 0 Å². The summed E-state index contributed by atoms with van der Waals surface area (Å²) in [6.07, 6.45) is 0. The van der Waals surface area contributed by atoms with E-state index in [2.05, 4.69) is 0 Å². The Hall–Kier alpha value is 2.21. The van der Waals surface area contributed by atoms with Gasteiger partial charge in [-0.1, -0.05) is 0 Å². The van der Waals surface area contributed by atoms with Crippen LogP contribution in [0.3, 0.4) is 0 Å². The Morgan fingerprint density at radius 2 is 1.25 bits per heavy atom. The minimum atomic E-state index is 0. The summed E-state index contributed by atoms with van der Waals surface area (Å²) in [5, 5.41) is 0. The summed E-state index contributed by atoms with van der Waals surface area (Å²) in [5.74, 6) is 0. The zero-order chi connectivity index (χ0) is 2.00. The molecule has 20 valence electrons. The normalized spacial score (nSPS) is 0.750. The zero-order valence-electron chi connectivity index (χ0n) is 2.36. The Kier molecular flexibility index (Phi) is 77.2. The van der Waals surface area contributed by atoms with Gasteiger partial charge in [-0.25, -0.2) is 0 Å². The summed E-state index contributed by atoms with van der Waals surface area (Å²) in [5.41, 5.74) is 0. The number of hydrogen-bond acceptors (Lipinski definition) is 2. The molecule has 0 radical (unpaired) electrons. The minimum absolute atomic E-state index is 0. The molecule has 4 heteroatoms. The van der Waals surface area contributed by atoms with Crippen molar-refractivity contribution in [2.24, 2.45) is 0 Å². The van der Waals surface area contributed by atoms with E-state index in [0.29, 0.717) is 24.7 Å². The Bertz CT molecular complexity index is 6.00. The van der Waals surface area contributed by atoms with Gasteiger partial charge < -0.3 is 5.48 Å². The van der Waals surface area contributed by atoms with Crippen molar-refractivity contribution in [2.75, 3.05) is 0 Å². The standard InChI is InChI=1S/Ba.H2O.O.Zr.H/h;1H2;;;/q+1;;;;/p-1. The summed E-state index contributed by atoms with van der Waals surface area (Å²) in [4.78, 5) is 0. The molecule has 0 heterocycles. The van der Waals surface area contributed by atoms with Crippen LogP contribution in [0.15, 0.2) is 0 Å². The van der Waals surface area contributed by atoms with E-state index in [-0.39, 0.29) is 54.4 Å². The Balaban J connectivity index is -0.00000000500. The molecule has 0 aliphatic carbocycles. The molecule has 0 spiro atoms. The van der Waals surface area contributed by atoms with E-state index in [4.69, 9.17) is 2.81 Å². The van der Waals surface area contributed by atoms with Crippen LogP contribution in [0.25, 0.3) is 0 Å². The van der Waals surface area contributed by atoms with Gasteiger partial charge in [-0.15, -0.1) is 0 Å². The van der Waals surface area contributed by atoms with E-state index in [1.165, 1.54) is 0 Å². The van der Waals surface area contributed by atoms with Gasteiger partial charge in [0.25, 0.3) is 0 Å². The van der Waals surface area contributed by atoms with E-state index >= 15 is 0 Å². The summed E-state index contributed by atoms with van der Waals surface area (Å²) in [6, 6.07) is 0. The van der Waals surface area contributed by atoms with Gasteiger partial charge in [0.05, 0.1) is 0 Å². The van der Waals surface area contributed by atoms with Crippen LogP contribution in [0.4, 0.5) is 0 Å². The third kappa shape index (κ3) is 8.88. The second-order valence-corrected chi connectivity index (χ2v) is 0. The molecule has 1 N–H and O–H groups in total. The van der Waals surface area contributed by atoms with Crippen LogP contribution in [-0.4, -0.2) is 54.4 Å². The maximum atomic E-state index is 8.34. The molecule has 0 bridgehead atoms. The molecule has 0 aromatic rings. The monoisotopic (exact) mass is 262 g/mol. The molecule has 0 unspecified atom stereocenters. The predicted octanol–water partition coefficient (Wildman–Crippen LogP) is -0.947. The van der Waals surface area contributed by atoms with E-state index in [0.717, 1.165) is 0 Å². The molecule has 0 rings (SSSR count). The topological polar surface area (TPSA) is 47.1 Å². The predicted molar refractivity (Wildman–Crippen MR) is 9.77 cm³/mol. The van der Waals surface area contributed by atoms with E-state index in [9.17, 15) is 0 Å². The van der Waals surface area contributed by atoms with Crippen molar-refractivity contribution in [3.05, 3.63) is 0 Å². The van der Waals surface area contributed by atoms with Gasteiger partial charge in [-0.3, -0.25) is 0 Å². The van der Waals surface area contributed by atoms with Crippen LogP contribution in [0.2, 0.25) is 0 Å². The van der Waals surface area contributed by atoms with E-state index in [1.807, 2.05) is 0 Å². The average Bonchev–Trinajstić information content (AvgIpc) is 1.00. The van der Waals surface area contributed by atoms with Crippen LogP contribution >= 0.6 is 0 Å². The summed E-state index contributed by atoms with van der Waals surface area (Å²) < 4.78 is 8.34. The van der Waals surface area contributed by atoms with Gasteiger partial charge in [0.2, 0.25) is 0 Å². The van der Waals surface area contributed by atoms with Crippen LogP contribution < -0.4 is 0 Å². The quantitative estimate of drug-likeness (QED) is 0.529. The second kappa shape index (κ2) is 18.9. The van der Waals surface area contributed by atoms with Gasteiger partial charge >= 0.3 is 76.4 Å². The van der Waals surface area contributed by atoms with Crippen molar-refractivity contribution in [2.45, 2.75) is 0 Å². The molecular weight excluding hydrogens is 261 g/mol. The molecule has 0 aromatic carbocycles. The fourth-order valence-electron chi connectivity index (χ4n) is 0. The van der Waals surface area contributed by atoms with Gasteiger partial charge in [-0.05, 0) is 0 Å². The first-order valence-corrected chi connectivity index (χ1v) is 1.21. The van der Waals surface area contributed by atoms with Crippen molar-refractivity contribution in [1.82, 2.24) is 0 Å². The summed E-state index contributed by atoms with van der Waals surface area (Å²) >= 11 is 0.300. The van der Waals surface area contributed by atoms with E-state index in [1.54, 1.807) is 0 Å². The SMILES string of the molecule is [BaH+].[OH-].[O]=[Zr]. The first-order chi connectivity index (χ1) is 1.00. The van der Waals surface area contributed by atoms with Crippen LogP contribution in [0.5, 0.6) is 0 Å². The molecule has 0 aromatic heterocycles. The van der Waals surface area contributed by atoms with E-state index < -0.39 is 0 Å². The van der Waals surface area contributed by atoms with Crippen molar-refractivity contribution >= 4 is 48.9 Å². The molecule has 0 aliphatic rings. The molecule has 0 fully saturated rings. The van der Waals surface area contributed by atoms with Crippen LogP contribution in [0.1, 0.15) is 0 Å². The van der Waals surface area contributed by atoms with Crippen molar-refractivity contribution in [3.63, 3.8) is 0 Å². The Morgan fingerprint density at radius 1 is 1.25 bits per heavy atom. The molecule has 0 atom stereocenters. The molecule has 0 aliphatic heterocycles. The number of rotatable bonds is 0. The molecule has 2 nitrogen and oxygen atoms in total. The molecule has 0 saturated heterocycles. The summed E-state index contributed by atoms with van der Waals surface area (Å²) in [6.45, 7) is 0. The molecule has 0 amide bonds. The van der Waals surface area contributed by atoms with Crippen LogP contribution in [-0.2, 0) is 27.5 Å². The maximum absolute atomic E-state index is 8.34. The third-order valence-electron chi connectivity index (χ3n) is 0. The third-order valence-corrected chi connectivity index (χ3v) is 0. The first-order valence-electron chi connectivity index (χ1n) is 0.204. The van der Waals surface area contributed by atoms with Gasteiger partial charge in [0.1, 0.15) is 0 Å². The fraction of sp³-hybridized carbons (Fsp3) is 0. The second-order valence-electron chi connectivity index (χ2n) is 0. The number of hydrogen-bond donors (Lipinski definition) is 0. The summed E-state index contributed by atoms with van der Waals surface area (Å²) in [7, 11) is 0. The average molecular weight is 263 g/mol. The van der Waals surface area contributed by atoms with Gasteiger partial charge in [-0.2, -0.15) is 0 Å². The molecular formula is H2BaO2Zr. The van der Waals surface area contributed by atoms with Crippen LogP contribution in [0, 0.1) is 0 Å². The first kappa shape index (κ1) is 16.4. The van der Waals surface area contributed by atoms with Crippen molar-refractivity contribution in [3.8, 4) is 0 Å². The fourth-order valence-corrected chi connectivity index (χ4v) is 0. The van der Waals surface area contributed by atoms with Crippen molar-refractivity contribution < 1.29 is 33.0 Å². The van der Waals surface area contributed by atoms with Gasteiger partial charge in [0.15, 0.2) is 0 Å². The van der Waals surface area contributed by atoms with Crippen molar-refractivity contribution in [1.29, 1.82) is 0 Å². The zero-order valence-corrected chi connectivity index (χ0v) is 11.1. The Morgan fingerprint density at radius 3 is 1.25 bits per heavy atom. The Labute approximate surface area is 80.0 Å². The molecule has 0 saturated carbocycles.